The van der Waals surface area contributed by atoms with E-state index < -0.39 is 17.6 Å². The maximum Gasteiger partial charge on any atom is 0.416 e. The summed E-state index contributed by atoms with van der Waals surface area (Å²) >= 11 is 0. The Morgan fingerprint density at radius 3 is 2.58 bits per heavy atom. The quantitative estimate of drug-likeness (QED) is 0.725. The molecule has 0 saturated carbocycles. The van der Waals surface area contributed by atoms with Crippen molar-refractivity contribution in [2.45, 2.75) is 19.5 Å². The molecule has 1 saturated heterocycles. The van der Waals surface area contributed by atoms with Gasteiger partial charge in [-0.05, 0) is 42.8 Å². The number of ketones is 1. The first-order chi connectivity index (χ1) is 14.5. The number of aryl methyl sites for hydroxylation is 1. The average molecular weight is 431 g/mol. The van der Waals surface area contributed by atoms with Gasteiger partial charge in [-0.1, -0.05) is 12.1 Å². The third-order valence-electron chi connectivity index (χ3n) is 5.00. The van der Waals surface area contributed by atoms with Crippen molar-refractivity contribution in [3.8, 4) is 0 Å². The van der Waals surface area contributed by atoms with Crippen LogP contribution in [0.2, 0.25) is 0 Å². The molecule has 0 spiro atoms. The Labute approximate surface area is 179 Å². The van der Waals surface area contributed by atoms with Gasteiger partial charge in [0.25, 0.3) is 5.91 Å². The molecular weight excluding hydrogens is 407 g/mol. The normalized spacial score (nSPS) is 15.9. The van der Waals surface area contributed by atoms with Crippen LogP contribution in [0.5, 0.6) is 0 Å². The maximum absolute atomic E-state index is 12.9. The first-order valence-electron chi connectivity index (χ1n) is 9.79. The molecule has 1 fully saturated rings. The molecule has 0 aromatic heterocycles. The number of anilines is 2. The van der Waals surface area contributed by atoms with Crippen LogP contribution in [0.15, 0.2) is 54.2 Å². The third-order valence-corrected chi connectivity index (χ3v) is 5.00. The number of rotatable bonds is 4. The molecule has 3 rings (SSSR count). The number of carbonyl (C=O) groups is 2. The van der Waals surface area contributed by atoms with Gasteiger partial charge in [0.15, 0.2) is 5.78 Å². The third kappa shape index (κ3) is 5.45. The fourth-order valence-corrected chi connectivity index (χ4v) is 3.47. The predicted molar refractivity (Wildman–Crippen MR) is 114 cm³/mol. The van der Waals surface area contributed by atoms with Crippen LogP contribution in [0, 0.1) is 6.92 Å². The number of nitrogens with one attached hydrogen (secondary N) is 1. The van der Waals surface area contributed by atoms with E-state index in [1.807, 2.05) is 30.8 Å². The largest absolute Gasteiger partial charge is 0.416 e. The van der Waals surface area contributed by atoms with E-state index in [0.29, 0.717) is 30.6 Å². The minimum atomic E-state index is -4.48. The Balaban J connectivity index is 1.83. The summed E-state index contributed by atoms with van der Waals surface area (Å²) in [6.45, 7) is 2.87. The van der Waals surface area contributed by atoms with E-state index in [1.165, 1.54) is 12.1 Å². The lowest BCUT2D eigenvalue weighted by atomic mass is 10.0. The van der Waals surface area contributed by atoms with E-state index in [1.54, 1.807) is 24.4 Å². The van der Waals surface area contributed by atoms with Gasteiger partial charge in [0.1, 0.15) is 0 Å². The zero-order chi connectivity index (χ0) is 22.8. The van der Waals surface area contributed by atoms with Gasteiger partial charge in [-0.3, -0.25) is 9.59 Å². The van der Waals surface area contributed by atoms with Crippen molar-refractivity contribution in [2.75, 3.05) is 37.4 Å². The Bertz CT molecular complexity index is 1030. The molecule has 0 bridgehead atoms. The summed E-state index contributed by atoms with van der Waals surface area (Å²) in [5.74, 6) is -0.404. The number of amides is 1. The number of nitrogens with zero attached hydrogens (tertiary/aromatic N) is 2. The first-order valence-corrected chi connectivity index (χ1v) is 9.79. The second-order valence-electron chi connectivity index (χ2n) is 7.75. The summed E-state index contributed by atoms with van der Waals surface area (Å²) in [5, 5.41) is 2.53. The molecule has 2 aromatic carbocycles. The van der Waals surface area contributed by atoms with Crippen LogP contribution in [-0.4, -0.2) is 43.8 Å². The van der Waals surface area contributed by atoms with Gasteiger partial charge in [0.2, 0.25) is 0 Å². The number of piperidine rings is 1. The fourth-order valence-electron chi connectivity index (χ4n) is 3.47. The van der Waals surface area contributed by atoms with Gasteiger partial charge in [0, 0.05) is 62.3 Å². The second-order valence-corrected chi connectivity index (χ2v) is 7.75. The molecule has 1 aliphatic heterocycles. The smallest absolute Gasteiger partial charge is 0.383 e. The minimum absolute atomic E-state index is 0.0710. The summed E-state index contributed by atoms with van der Waals surface area (Å²) in [4.78, 5) is 28.8. The summed E-state index contributed by atoms with van der Waals surface area (Å²) in [5.41, 5.74) is 2.01. The lowest BCUT2D eigenvalue weighted by Crippen LogP contribution is -2.37. The molecule has 1 aliphatic rings. The molecular formula is C23H24F3N3O2. The molecule has 31 heavy (non-hydrogen) atoms. The van der Waals surface area contributed by atoms with Crippen LogP contribution in [0.3, 0.4) is 0 Å². The number of hydrogen-bond donors (Lipinski definition) is 1. The Hall–Kier alpha value is -3.29. The molecule has 0 unspecified atom stereocenters. The van der Waals surface area contributed by atoms with E-state index in [0.717, 1.165) is 23.4 Å². The van der Waals surface area contributed by atoms with Crippen molar-refractivity contribution in [1.29, 1.82) is 0 Å². The zero-order valence-corrected chi connectivity index (χ0v) is 17.6. The van der Waals surface area contributed by atoms with E-state index in [9.17, 15) is 22.8 Å². The zero-order valence-electron chi connectivity index (χ0n) is 17.6. The van der Waals surface area contributed by atoms with E-state index in [2.05, 4.69) is 5.32 Å². The molecule has 1 amide bonds. The minimum Gasteiger partial charge on any atom is -0.383 e. The molecule has 5 nitrogen and oxygen atoms in total. The summed E-state index contributed by atoms with van der Waals surface area (Å²) in [6.07, 6.45) is -2.31. The van der Waals surface area contributed by atoms with Crippen molar-refractivity contribution >= 4 is 23.1 Å². The van der Waals surface area contributed by atoms with Crippen molar-refractivity contribution in [3.05, 3.63) is 70.9 Å². The highest BCUT2D eigenvalue weighted by Crippen LogP contribution is 2.31. The number of hydrogen-bond acceptors (Lipinski definition) is 4. The van der Waals surface area contributed by atoms with Crippen molar-refractivity contribution < 1.29 is 22.8 Å². The number of Topliss-reactive ketones (excluding diaryl/α,β-unsaturated/α-hetero) is 1. The highest BCUT2D eigenvalue weighted by Gasteiger charge is 2.30. The van der Waals surface area contributed by atoms with Gasteiger partial charge >= 0.3 is 6.18 Å². The van der Waals surface area contributed by atoms with Gasteiger partial charge < -0.3 is 15.1 Å². The van der Waals surface area contributed by atoms with Crippen LogP contribution in [0.1, 0.15) is 27.9 Å². The van der Waals surface area contributed by atoms with Crippen LogP contribution in [0.25, 0.3) is 0 Å². The number of benzene rings is 2. The van der Waals surface area contributed by atoms with E-state index >= 15 is 0 Å². The van der Waals surface area contributed by atoms with Crippen LogP contribution >= 0.6 is 0 Å². The Kier molecular flexibility index (Phi) is 6.38. The predicted octanol–water partition coefficient (Wildman–Crippen LogP) is 4.49. The fraction of sp³-hybridized carbons (Fsp3) is 0.304. The standard InChI is InChI=1S/C23H24F3N3O2/c1-15-7-8-16(22(31)27-19-6-4-5-18(12-19)23(24,25)26)11-20(15)29-10-9-21(30)17(14-29)13-28(2)3/h4-8,11-13H,9-10,14H2,1-3H3,(H,27,31). The molecule has 2 aromatic rings. The molecule has 0 atom stereocenters. The summed E-state index contributed by atoms with van der Waals surface area (Å²) < 4.78 is 38.8. The lowest BCUT2D eigenvalue weighted by molar-refractivity contribution is -0.137. The van der Waals surface area contributed by atoms with Crippen LogP contribution in [0.4, 0.5) is 24.5 Å². The topological polar surface area (TPSA) is 52.7 Å². The van der Waals surface area contributed by atoms with Crippen molar-refractivity contribution in [1.82, 2.24) is 4.90 Å². The molecule has 1 heterocycles. The SMILES string of the molecule is Cc1ccc(C(=O)Nc2cccc(C(F)(F)F)c2)cc1N1CCC(=O)C(=CN(C)C)C1. The summed E-state index contributed by atoms with van der Waals surface area (Å²) in [6, 6.07) is 9.66. The van der Waals surface area contributed by atoms with Crippen molar-refractivity contribution in [2.24, 2.45) is 0 Å². The number of halogens is 3. The monoisotopic (exact) mass is 431 g/mol. The maximum atomic E-state index is 12.9. The van der Waals surface area contributed by atoms with E-state index in [4.69, 9.17) is 0 Å². The summed E-state index contributed by atoms with van der Waals surface area (Å²) in [7, 11) is 3.70. The average Bonchev–Trinajstić information content (AvgIpc) is 2.69. The Morgan fingerprint density at radius 1 is 1.16 bits per heavy atom. The molecule has 0 radical (unpaired) electrons. The highest BCUT2D eigenvalue weighted by molar-refractivity contribution is 6.05. The first kappa shape index (κ1) is 22.4. The van der Waals surface area contributed by atoms with Crippen molar-refractivity contribution in [3.63, 3.8) is 0 Å². The lowest BCUT2D eigenvalue weighted by Gasteiger charge is -2.31. The number of carbonyl (C=O) groups excluding carboxylic acids is 2. The second kappa shape index (κ2) is 8.83. The van der Waals surface area contributed by atoms with Crippen LogP contribution in [-0.2, 0) is 11.0 Å². The van der Waals surface area contributed by atoms with Gasteiger partial charge in [-0.15, -0.1) is 0 Å². The highest BCUT2D eigenvalue weighted by atomic mass is 19.4. The van der Waals surface area contributed by atoms with E-state index in [-0.39, 0.29) is 11.5 Å². The number of alkyl halides is 3. The van der Waals surface area contributed by atoms with Gasteiger partial charge in [-0.2, -0.15) is 13.2 Å². The Morgan fingerprint density at radius 2 is 1.90 bits per heavy atom. The van der Waals surface area contributed by atoms with Crippen LogP contribution < -0.4 is 10.2 Å². The van der Waals surface area contributed by atoms with Gasteiger partial charge in [-0.25, -0.2) is 0 Å². The molecule has 0 aliphatic carbocycles. The molecule has 1 N–H and O–H groups in total. The molecule has 164 valence electrons. The molecule has 8 heteroatoms. The van der Waals surface area contributed by atoms with Gasteiger partial charge in [0.05, 0.1) is 5.56 Å².